The summed E-state index contributed by atoms with van der Waals surface area (Å²) in [6.45, 7) is 5.96. The molecule has 1 aliphatic rings. The fraction of sp³-hybridized carbons (Fsp3) is 0.250. The minimum atomic E-state index is -0.623. The predicted molar refractivity (Wildman–Crippen MR) is 98.9 cm³/mol. The van der Waals surface area contributed by atoms with Gasteiger partial charge in [0, 0.05) is 31.2 Å². The molecule has 1 aromatic carbocycles. The molecule has 0 radical (unpaired) electrons. The highest BCUT2D eigenvalue weighted by Gasteiger charge is 2.38. The molecule has 0 spiro atoms. The number of carbonyl (C=O) groups excluding carboxylic acids is 3. The van der Waals surface area contributed by atoms with Crippen LogP contribution < -0.4 is 0 Å². The van der Waals surface area contributed by atoms with Gasteiger partial charge in [0.05, 0.1) is 0 Å². The average molecular weight is 351 g/mol. The smallest absolute Gasteiger partial charge is 0.318 e. The Labute approximate surface area is 152 Å². The SMILES string of the molecule is Cc1ccccc1-n1c(C)cc(C=C2C(=O)N(C)C(=O)N(C)C2=O)c1C. The fourth-order valence-electron chi connectivity index (χ4n) is 3.25. The zero-order valence-corrected chi connectivity index (χ0v) is 15.5. The summed E-state index contributed by atoms with van der Waals surface area (Å²) in [7, 11) is 2.75. The lowest BCUT2D eigenvalue weighted by Gasteiger charge is -2.28. The van der Waals surface area contributed by atoms with Gasteiger partial charge in [0.25, 0.3) is 11.8 Å². The molecular weight excluding hydrogens is 330 g/mol. The van der Waals surface area contributed by atoms with Crippen molar-refractivity contribution in [3.05, 3.63) is 58.4 Å². The van der Waals surface area contributed by atoms with Crippen molar-refractivity contribution in [1.82, 2.24) is 14.4 Å². The number of benzene rings is 1. The van der Waals surface area contributed by atoms with Gasteiger partial charge in [0.15, 0.2) is 0 Å². The lowest BCUT2D eigenvalue weighted by atomic mass is 10.1. The van der Waals surface area contributed by atoms with Gasteiger partial charge >= 0.3 is 6.03 Å². The number of carbonyl (C=O) groups is 3. The van der Waals surface area contributed by atoms with Crippen molar-refractivity contribution in [1.29, 1.82) is 0 Å². The van der Waals surface area contributed by atoms with E-state index in [1.807, 2.05) is 51.1 Å². The van der Waals surface area contributed by atoms with Gasteiger partial charge in [-0.3, -0.25) is 19.4 Å². The second-order valence-corrected chi connectivity index (χ2v) is 6.52. The Kier molecular flexibility index (Phi) is 4.28. The number of barbiturate groups is 1. The van der Waals surface area contributed by atoms with Gasteiger partial charge in [0.2, 0.25) is 0 Å². The van der Waals surface area contributed by atoms with Crippen LogP contribution in [-0.2, 0) is 9.59 Å². The van der Waals surface area contributed by atoms with E-state index in [9.17, 15) is 14.4 Å². The highest BCUT2D eigenvalue weighted by atomic mass is 16.2. The molecule has 6 heteroatoms. The van der Waals surface area contributed by atoms with E-state index in [0.717, 1.165) is 38.0 Å². The minimum absolute atomic E-state index is 0.0142. The summed E-state index contributed by atoms with van der Waals surface area (Å²) in [5, 5.41) is 0. The number of rotatable bonds is 2. The highest BCUT2D eigenvalue weighted by Crippen LogP contribution is 2.26. The third-order valence-corrected chi connectivity index (χ3v) is 4.77. The van der Waals surface area contributed by atoms with Crippen LogP contribution in [0.1, 0.15) is 22.5 Å². The van der Waals surface area contributed by atoms with E-state index < -0.39 is 17.8 Å². The Balaban J connectivity index is 2.12. The second kappa shape index (κ2) is 6.29. The normalized spacial score (nSPS) is 15.1. The molecule has 6 nitrogen and oxygen atoms in total. The zero-order valence-electron chi connectivity index (χ0n) is 15.5. The fourth-order valence-corrected chi connectivity index (χ4v) is 3.25. The monoisotopic (exact) mass is 351 g/mol. The lowest BCUT2D eigenvalue weighted by Crippen LogP contribution is -2.52. The maximum absolute atomic E-state index is 12.4. The second-order valence-electron chi connectivity index (χ2n) is 6.52. The molecule has 0 aliphatic carbocycles. The van der Waals surface area contributed by atoms with Gasteiger partial charge in [-0.1, -0.05) is 18.2 Å². The molecule has 1 fully saturated rings. The molecule has 1 aromatic heterocycles. The number of nitrogens with zero attached hydrogens (tertiary/aromatic N) is 3. The number of aromatic nitrogens is 1. The lowest BCUT2D eigenvalue weighted by molar-refractivity contribution is -0.134. The number of para-hydroxylation sites is 1. The number of amides is 4. The molecule has 3 rings (SSSR count). The number of hydrogen-bond donors (Lipinski definition) is 0. The number of urea groups is 1. The third kappa shape index (κ3) is 2.63. The van der Waals surface area contributed by atoms with E-state index >= 15 is 0 Å². The van der Waals surface area contributed by atoms with Crippen LogP contribution in [0.3, 0.4) is 0 Å². The van der Waals surface area contributed by atoms with Crippen LogP contribution in [0.25, 0.3) is 11.8 Å². The molecule has 4 amide bonds. The summed E-state index contributed by atoms with van der Waals surface area (Å²) in [6, 6.07) is 9.34. The van der Waals surface area contributed by atoms with Gasteiger partial charge in [0.1, 0.15) is 5.57 Å². The van der Waals surface area contributed by atoms with Crippen molar-refractivity contribution in [3.63, 3.8) is 0 Å². The number of likely N-dealkylation sites (N-methyl/N-ethyl adjacent to an activating group) is 2. The van der Waals surface area contributed by atoms with Gasteiger partial charge < -0.3 is 4.57 Å². The Morgan fingerprint density at radius 2 is 1.46 bits per heavy atom. The first-order chi connectivity index (χ1) is 12.2. The van der Waals surface area contributed by atoms with Gasteiger partial charge in [-0.05, 0) is 50.1 Å². The van der Waals surface area contributed by atoms with Crippen molar-refractivity contribution in [2.75, 3.05) is 14.1 Å². The van der Waals surface area contributed by atoms with Gasteiger partial charge in [-0.2, -0.15) is 0 Å². The molecule has 1 aliphatic heterocycles. The molecule has 0 unspecified atom stereocenters. The Hall–Kier alpha value is -3.15. The van der Waals surface area contributed by atoms with Crippen LogP contribution in [0.4, 0.5) is 4.79 Å². The van der Waals surface area contributed by atoms with Crippen LogP contribution >= 0.6 is 0 Å². The number of hydrogen-bond acceptors (Lipinski definition) is 3. The standard InChI is InChI=1S/C20H21N3O3/c1-12-8-6-7-9-17(12)23-13(2)10-15(14(23)3)11-16-18(24)21(4)20(26)22(5)19(16)25/h6-11H,1-5H3. The molecule has 134 valence electrons. The molecule has 26 heavy (non-hydrogen) atoms. The minimum Gasteiger partial charge on any atom is -0.318 e. The summed E-state index contributed by atoms with van der Waals surface area (Å²) in [5.41, 5.74) is 4.86. The van der Waals surface area contributed by atoms with Gasteiger partial charge in [-0.25, -0.2) is 4.79 Å². The largest absolute Gasteiger partial charge is 0.333 e. The van der Waals surface area contributed by atoms with Crippen LogP contribution in [0, 0.1) is 20.8 Å². The van der Waals surface area contributed by atoms with E-state index in [1.54, 1.807) is 6.08 Å². The Morgan fingerprint density at radius 1 is 0.885 bits per heavy atom. The maximum atomic E-state index is 12.4. The molecule has 1 saturated heterocycles. The zero-order chi connectivity index (χ0) is 19.2. The van der Waals surface area contributed by atoms with Crippen molar-refractivity contribution in [2.45, 2.75) is 20.8 Å². The van der Waals surface area contributed by atoms with Crippen molar-refractivity contribution < 1.29 is 14.4 Å². The highest BCUT2D eigenvalue weighted by molar-refractivity contribution is 6.30. The molecule has 0 saturated carbocycles. The predicted octanol–water partition coefficient (Wildman–Crippen LogP) is 2.84. The summed E-state index contributed by atoms with van der Waals surface area (Å²) < 4.78 is 2.10. The van der Waals surface area contributed by atoms with Crippen molar-refractivity contribution >= 4 is 23.9 Å². The van der Waals surface area contributed by atoms with Crippen LogP contribution in [-0.4, -0.2) is 46.3 Å². The van der Waals surface area contributed by atoms with E-state index in [2.05, 4.69) is 4.57 Å². The summed E-state index contributed by atoms with van der Waals surface area (Å²) in [5.74, 6) is -1.17. The van der Waals surface area contributed by atoms with Crippen LogP contribution in [0.2, 0.25) is 0 Å². The quantitative estimate of drug-likeness (QED) is 0.617. The average Bonchev–Trinajstić information content (AvgIpc) is 2.89. The Bertz CT molecular complexity index is 943. The van der Waals surface area contributed by atoms with E-state index in [0.29, 0.717) is 0 Å². The summed E-state index contributed by atoms with van der Waals surface area (Å²) >= 11 is 0. The molecular formula is C20H21N3O3. The molecule has 0 atom stereocenters. The van der Waals surface area contributed by atoms with Crippen LogP contribution in [0.5, 0.6) is 0 Å². The van der Waals surface area contributed by atoms with E-state index in [1.165, 1.54) is 14.1 Å². The third-order valence-electron chi connectivity index (χ3n) is 4.77. The molecule has 0 N–H and O–H groups in total. The van der Waals surface area contributed by atoms with Gasteiger partial charge in [-0.15, -0.1) is 0 Å². The first-order valence-corrected chi connectivity index (χ1v) is 8.30. The Morgan fingerprint density at radius 3 is 2.04 bits per heavy atom. The van der Waals surface area contributed by atoms with E-state index in [4.69, 9.17) is 0 Å². The van der Waals surface area contributed by atoms with E-state index in [-0.39, 0.29) is 5.57 Å². The number of aryl methyl sites for hydroxylation is 2. The van der Waals surface area contributed by atoms with Crippen molar-refractivity contribution in [3.8, 4) is 5.69 Å². The summed E-state index contributed by atoms with van der Waals surface area (Å²) in [6.07, 6.45) is 1.57. The van der Waals surface area contributed by atoms with Crippen molar-refractivity contribution in [2.24, 2.45) is 0 Å². The molecule has 2 heterocycles. The summed E-state index contributed by atoms with van der Waals surface area (Å²) in [4.78, 5) is 38.6. The molecule has 2 aromatic rings. The first kappa shape index (κ1) is 17.7. The molecule has 0 bridgehead atoms. The maximum Gasteiger partial charge on any atom is 0.333 e. The first-order valence-electron chi connectivity index (χ1n) is 8.30. The number of imide groups is 2. The topological polar surface area (TPSA) is 62.6 Å². The van der Waals surface area contributed by atoms with Crippen LogP contribution in [0.15, 0.2) is 35.9 Å².